The fourth-order valence-electron chi connectivity index (χ4n) is 3.42. The van der Waals surface area contributed by atoms with Gasteiger partial charge in [0.05, 0.1) is 0 Å². The third kappa shape index (κ3) is 3.82. The molecule has 1 unspecified atom stereocenters. The van der Waals surface area contributed by atoms with Gasteiger partial charge in [-0.15, -0.1) is 0 Å². The Bertz CT molecular complexity index is 385. The van der Waals surface area contributed by atoms with Crippen molar-refractivity contribution in [1.29, 1.82) is 0 Å². The number of aryl methyl sites for hydroxylation is 1. The zero-order chi connectivity index (χ0) is 13.6. The van der Waals surface area contributed by atoms with Gasteiger partial charge in [-0.05, 0) is 36.8 Å². The lowest BCUT2D eigenvalue weighted by Crippen LogP contribution is -2.36. The second-order valence-corrected chi connectivity index (χ2v) is 6.18. The van der Waals surface area contributed by atoms with Crippen LogP contribution in [0.4, 0.5) is 0 Å². The molecule has 0 aliphatic heterocycles. The number of hydrogen-bond donors (Lipinski definition) is 1. The van der Waals surface area contributed by atoms with E-state index in [0.717, 1.165) is 12.8 Å². The first-order valence-corrected chi connectivity index (χ1v) is 8.13. The second-order valence-electron chi connectivity index (χ2n) is 6.18. The third-order valence-electron chi connectivity index (χ3n) is 4.60. The van der Waals surface area contributed by atoms with E-state index in [1.807, 2.05) is 0 Å². The lowest BCUT2D eigenvalue weighted by Gasteiger charge is -2.30. The van der Waals surface area contributed by atoms with Crippen LogP contribution in [0.5, 0.6) is 0 Å². The summed E-state index contributed by atoms with van der Waals surface area (Å²) in [4.78, 5) is 0. The molecule has 0 heterocycles. The van der Waals surface area contributed by atoms with E-state index in [1.54, 1.807) is 0 Å². The number of nitrogens with two attached hydrogens (primary N) is 1. The molecule has 1 aromatic carbocycles. The Kier molecular flexibility index (Phi) is 5.45. The molecule has 0 aromatic heterocycles. The maximum absolute atomic E-state index is 6.79. The van der Waals surface area contributed by atoms with Crippen LogP contribution in [0.15, 0.2) is 24.3 Å². The Morgan fingerprint density at radius 2 is 1.84 bits per heavy atom. The van der Waals surface area contributed by atoms with Crippen LogP contribution < -0.4 is 5.73 Å². The van der Waals surface area contributed by atoms with Gasteiger partial charge < -0.3 is 5.73 Å². The van der Waals surface area contributed by atoms with Gasteiger partial charge in [0.25, 0.3) is 0 Å². The Morgan fingerprint density at radius 3 is 2.68 bits per heavy atom. The van der Waals surface area contributed by atoms with Gasteiger partial charge in [-0.25, -0.2) is 0 Å². The van der Waals surface area contributed by atoms with E-state index in [4.69, 9.17) is 5.73 Å². The van der Waals surface area contributed by atoms with Crippen LogP contribution in [-0.4, -0.2) is 0 Å². The molecule has 1 aliphatic rings. The lowest BCUT2D eigenvalue weighted by molar-refractivity contribution is 0.354. The highest BCUT2D eigenvalue weighted by Gasteiger charge is 2.30. The van der Waals surface area contributed by atoms with Gasteiger partial charge in [-0.2, -0.15) is 0 Å². The summed E-state index contributed by atoms with van der Waals surface area (Å²) < 4.78 is 0. The topological polar surface area (TPSA) is 26.0 Å². The maximum Gasteiger partial charge on any atom is 0.0412 e. The van der Waals surface area contributed by atoms with Gasteiger partial charge in [0.2, 0.25) is 0 Å². The molecule has 2 N–H and O–H groups in total. The molecule has 2 rings (SSSR count). The molecule has 0 amide bonds. The number of rotatable bonds is 6. The molecule has 0 radical (unpaired) electrons. The zero-order valence-corrected chi connectivity index (χ0v) is 12.5. The molecule has 0 saturated carbocycles. The van der Waals surface area contributed by atoms with Crippen LogP contribution in [0.2, 0.25) is 0 Å². The second kappa shape index (κ2) is 7.09. The maximum atomic E-state index is 6.79. The minimum absolute atomic E-state index is 0.0562. The molecule has 1 nitrogen and oxygen atoms in total. The number of benzene rings is 1. The Balaban J connectivity index is 2.00. The van der Waals surface area contributed by atoms with E-state index >= 15 is 0 Å². The summed E-state index contributed by atoms with van der Waals surface area (Å²) in [5.41, 5.74) is 9.66. The van der Waals surface area contributed by atoms with Gasteiger partial charge >= 0.3 is 0 Å². The van der Waals surface area contributed by atoms with Crippen molar-refractivity contribution in [2.24, 2.45) is 5.73 Å². The first-order valence-electron chi connectivity index (χ1n) is 8.13. The quantitative estimate of drug-likeness (QED) is 0.569. The minimum Gasteiger partial charge on any atom is -0.321 e. The molecule has 0 saturated heterocycles. The monoisotopic (exact) mass is 259 g/mol. The number of hydrogen-bond acceptors (Lipinski definition) is 1. The summed E-state index contributed by atoms with van der Waals surface area (Å²) in [6.45, 7) is 2.27. The normalized spacial score (nSPS) is 22.8. The van der Waals surface area contributed by atoms with Crippen molar-refractivity contribution in [3.63, 3.8) is 0 Å². The standard InChI is InChI=1S/C18H29N/c1-2-3-4-5-9-14-18(19)15-10-8-12-16-11-6-7-13-17(16)18/h6-7,11,13H,2-5,8-10,12,14-15,19H2,1H3. The van der Waals surface area contributed by atoms with Crippen LogP contribution in [0.25, 0.3) is 0 Å². The average Bonchev–Trinajstić information content (AvgIpc) is 2.59. The van der Waals surface area contributed by atoms with Gasteiger partial charge in [-0.3, -0.25) is 0 Å². The van der Waals surface area contributed by atoms with E-state index in [-0.39, 0.29) is 5.54 Å². The summed E-state index contributed by atoms with van der Waals surface area (Å²) in [5, 5.41) is 0. The fraction of sp³-hybridized carbons (Fsp3) is 0.667. The molecule has 1 aliphatic carbocycles. The Hall–Kier alpha value is -0.820. The van der Waals surface area contributed by atoms with E-state index in [2.05, 4.69) is 31.2 Å². The third-order valence-corrected chi connectivity index (χ3v) is 4.60. The first kappa shape index (κ1) is 14.6. The minimum atomic E-state index is -0.0562. The molecule has 106 valence electrons. The van der Waals surface area contributed by atoms with Gasteiger partial charge in [0.1, 0.15) is 0 Å². The Labute approximate surface area is 118 Å². The predicted octanol–water partition coefficient (Wildman–Crippen LogP) is 4.93. The predicted molar refractivity (Wildman–Crippen MR) is 83.2 cm³/mol. The average molecular weight is 259 g/mol. The lowest BCUT2D eigenvalue weighted by atomic mass is 9.81. The van der Waals surface area contributed by atoms with Crippen LogP contribution in [-0.2, 0) is 12.0 Å². The molecule has 0 bridgehead atoms. The molecule has 0 fully saturated rings. The summed E-state index contributed by atoms with van der Waals surface area (Å²) >= 11 is 0. The van der Waals surface area contributed by atoms with E-state index < -0.39 is 0 Å². The summed E-state index contributed by atoms with van der Waals surface area (Å²) in [6.07, 6.45) is 12.8. The van der Waals surface area contributed by atoms with E-state index in [0.29, 0.717) is 0 Å². The van der Waals surface area contributed by atoms with Crippen LogP contribution in [0, 0.1) is 0 Å². The molecule has 19 heavy (non-hydrogen) atoms. The molecular weight excluding hydrogens is 230 g/mol. The van der Waals surface area contributed by atoms with Crippen molar-refractivity contribution in [2.75, 3.05) is 0 Å². The van der Waals surface area contributed by atoms with Crippen LogP contribution >= 0.6 is 0 Å². The largest absolute Gasteiger partial charge is 0.321 e. The van der Waals surface area contributed by atoms with Crippen molar-refractivity contribution in [2.45, 2.75) is 76.7 Å². The van der Waals surface area contributed by atoms with Gasteiger partial charge in [-0.1, -0.05) is 69.7 Å². The van der Waals surface area contributed by atoms with Crippen molar-refractivity contribution >= 4 is 0 Å². The highest BCUT2D eigenvalue weighted by Crippen LogP contribution is 2.36. The molecule has 1 atom stereocenters. The van der Waals surface area contributed by atoms with Crippen molar-refractivity contribution < 1.29 is 0 Å². The molecule has 0 spiro atoms. The van der Waals surface area contributed by atoms with Crippen LogP contribution in [0.3, 0.4) is 0 Å². The summed E-state index contributed by atoms with van der Waals surface area (Å²) in [6, 6.07) is 8.86. The van der Waals surface area contributed by atoms with E-state index in [1.165, 1.54) is 62.5 Å². The zero-order valence-electron chi connectivity index (χ0n) is 12.5. The van der Waals surface area contributed by atoms with Gasteiger partial charge in [0.15, 0.2) is 0 Å². The molecular formula is C18H29N. The SMILES string of the molecule is CCCCCCCC1(N)CCCCc2ccccc21. The highest BCUT2D eigenvalue weighted by molar-refractivity contribution is 5.34. The van der Waals surface area contributed by atoms with Crippen LogP contribution in [0.1, 0.15) is 75.8 Å². The number of fused-ring (bicyclic) bond motifs is 1. The fourth-order valence-corrected chi connectivity index (χ4v) is 3.42. The molecule has 1 aromatic rings. The summed E-state index contributed by atoms with van der Waals surface area (Å²) in [5.74, 6) is 0. The van der Waals surface area contributed by atoms with Crippen molar-refractivity contribution in [3.8, 4) is 0 Å². The van der Waals surface area contributed by atoms with Crippen molar-refractivity contribution in [1.82, 2.24) is 0 Å². The Morgan fingerprint density at radius 1 is 1.05 bits per heavy atom. The molecule has 1 heteroatoms. The van der Waals surface area contributed by atoms with E-state index in [9.17, 15) is 0 Å². The van der Waals surface area contributed by atoms with Gasteiger partial charge in [0, 0.05) is 5.54 Å². The highest BCUT2D eigenvalue weighted by atomic mass is 14.7. The first-order chi connectivity index (χ1) is 9.26. The smallest absolute Gasteiger partial charge is 0.0412 e. The number of unbranched alkanes of at least 4 members (excludes halogenated alkanes) is 4. The van der Waals surface area contributed by atoms with Crippen molar-refractivity contribution in [3.05, 3.63) is 35.4 Å². The summed E-state index contributed by atoms with van der Waals surface area (Å²) in [7, 11) is 0.